The van der Waals surface area contributed by atoms with E-state index in [4.69, 9.17) is 4.74 Å². The Kier molecular flexibility index (Phi) is 7.86. The molecule has 0 saturated heterocycles. The number of benzene rings is 1. The minimum atomic E-state index is -0.462. The highest BCUT2D eigenvalue weighted by Crippen LogP contribution is 2.42. The average molecular weight is 564 g/mol. The zero-order chi connectivity index (χ0) is 27.6. The van der Waals surface area contributed by atoms with Crippen molar-refractivity contribution in [1.29, 1.82) is 0 Å². The Morgan fingerprint density at radius 2 is 2.10 bits per heavy atom. The molecule has 0 spiro atoms. The highest BCUT2D eigenvalue weighted by atomic mass is 32.1. The van der Waals surface area contributed by atoms with E-state index in [0.29, 0.717) is 31.2 Å². The lowest BCUT2D eigenvalue weighted by molar-refractivity contribution is -0.122. The number of amides is 1. The number of thiophene rings is 1. The van der Waals surface area contributed by atoms with Crippen LogP contribution in [0.3, 0.4) is 0 Å². The molecule has 1 aromatic carbocycles. The highest BCUT2D eigenvalue weighted by Gasteiger charge is 2.30. The highest BCUT2D eigenvalue weighted by molar-refractivity contribution is 7.19. The van der Waals surface area contributed by atoms with E-state index >= 15 is 0 Å². The Labute approximate surface area is 237 Å². The SMILES string of the molecule is CN(C)C(O)[C@H]1CCc2c(sc3ncnc(Nc4cc5cn[nH]c5cc4OCCNC(=O)CC4CCCC4)c23)C1. The van der Waals surface area contributed by atoms with Crippen LogP contribution >= 0.6 is 11.3 Å². The summed E-state index contributed by atoms with van der Waals surface area (Å²) in [5.41, 5.74) is 2.92. The molecule has 40 heavy (non-hydrogen) atoms. The van der Waals surface area contributed by atoms with Crippen LogP contribution in [0.2, 0.25) is 0 Å². The number of hydrogen-bond donors (Lipinski definition) is 4. The second-order valence-electron chi connectivity index (χ2n) is 11.3. The Bertz CT molecular complexity index is 1490. The molecule has 0 bridgehead atoms. The van der Waals surface area contributed by atoms with Gasteiger partial charge in [-0.25, -0.2) is 9.97 Å². The van der Waals surface area contributed by atoms with Gasteiger partial charge in [0.25, 0.3) is 0 Å². The fourth-order valence-corrected chi connectivity index (χ4v) is 7.40. The van der Waals surface area contributed by atoms with E-state index in [0.717, 1.165) is 64.7 Å². The van der Waals surface area contributed by atoms with Crippen molar-refractivity contribution in [3.8, 4) is 5.75 Å². The van der Waals surface area contributed by atoms with Crippen molar-refractivity contribution >= 4 is 49.9 Å². The Morgan fingerprint density at radius 3 is 2.92 bits per heavy atom. The summed E-state index contributed by atoms with van der Waals surface area (Å²) in [5, 5.41) is 26.4. The molecule has 1 amide bonds. The van der Waals surface area contributed by atoms with E-state index in [2.05, 4.69) is 30.8 Å². The molecule has 1 saturated carbocycles. The Morgan fingerprint density at radius 1 is 1.25 bits per heavy atom. The van der Waals surface area contributed by atoms with Gasteiger partial charge in [0.2, 0.25) is 5.91 Å². The van der Waals surface area contributed by atoms with Gasteiger partial charge in [-0.15, -0.1) is 11.3 Å². The van der Waals surface area contributed by atoms with Crippen molar-refractivity contribution in [3.05, 3.63) is 35.1 Å². The number of aliphatic hydroxyl groups is 1. The molecule has 2 aliphatic rings. The normalized spacial score (nSPS) is 18.4. The first-order valence-corrected chi connectivity index (χ1v) is 15.0. The smallest absolute Gasteiger partial charge is 0.220 e. The lowest BCUT2D eigenvalue weighted by Gasteiger charge is -2.30. The predicted molar refractivity (Wildman–Crippen MR) is 157 cm³/mol. The van der Waals surface area contributed by atoms with E-state index in [-0.39, 0.29) is 11.8 Å². The van der Waals surface area contributed by atoms with Crippen LogP contribution in [0.25, 0.3) is 21.1 Å². The van der Waals surface area contributed by atoms with Gasteiger partial charge in [-0.05, 0) is 63.7 Å². The zero-order valence-corrected chi connectivity index (χ0v) is 23.9. The molecule has 1 fully saturated rings. The first-order chi connectivity index (χ1) is 19.5. The van der Waals surface area contributed by atoms with Crippen LogP contribution in [-0.4, -0.2) is 69.6 Å². The lowest BCUT2D eigenvalue weighted by Crippen LogP contribution is -2.37. The maximum absolute atomic E-state index is 12.3. The van der Waals surface area contributed by atoms with Crippen LogP contribution in [0, 0.1) is 11.8 Å². The number of nitrogens with one attached hydrogen (secondary N) is 3. The molecule has 6 rings (SSSR count). The zero-order valence-electron chi connectivity index (χ0n) is 23.1. The number of nitrogens with zero attached hydrogens (tertiary/aromatic N) is 4. The number of carbonyl (C=O) groups excluding carboxylic acids is 1. The number of rotatable bonds is 10. The first kappa shape index (κ1) is 26.9. The van der Waals surface area contributed by atoms with E-state index < -0.39 is 6.23 Å². The van der Waals surface area contributed by atoms with Crippen LogP contribution in [-0.2, 0) is 17.6 Å². The summed E-state index contributed by atoms with van der Waals surface area (Å²) in [6.45, 7) is 0.801. The average Bonchev–Trinajstić information content (AvgIpc) is 3.70. The van der Waals surface area contributed by atoms with E-state index in [1.54, 1.807) is 23.9 Å². The van der Waals surface area contributed by atoms with Crippen molar-refractivity contribution in [2.75, 3.05) is 32.6 Å². The third kappa shape index (κ3) is 5.63. The van der Waals surface area contributed by atoms with Crippen molar-refractivity contribution in [1.82, 2.24) is 30.4 Å². The second-order valence-corrected chi connectivity index (χ2v) is 12.4. The van der Waals surface area contributed by atoms with Crippen LogP contribution in [0.5, 0.6) is 5.75 Å². The van der Waals surface area contributed by atoms with E-state index in [9.17, 15) is 9.90 Å². The van der Waals surface area contributed by atoms with Crippen LogP contribution in [0.4, 0.5) is 11.5 Å². The number of ether oxygens (including phenoxy) is 1. The van der Waals surface area contributed by atoms with Crippen molar-refractivity contribution in [3.63, 3.8) is 0 Å². The summed E-state index contributed by atoms with van der Waals surface area (Å²) in [6, 6.07) is 3.93. The van der Waals surface area contributed by atoms with Gasteiger partial charge in [0.1, 0.15) is 35.6 Å². The number of aromatic amines is 1. The molecule has 11 heteroatoms. The number of carbonyl (C=O) groups is 1. The molecule has 3 heterocycles. The first-order valence-electron chi connectivity index (χ1n) is 14.2. The van der Waals surface area contributed by atoms with Gasteiger partial charge in [-0.3, -0.25) is 14.8 Å². The number of anilines is 2. The lowest BCUT2D eigenvalue weighted by atomic mass is 9.86. The molecule has 2 atom stereocenters. The summed E-state index contributed by atoms with van der Waals surface area (Å²) in [5.74, 6) is 2.22. The third-order valence-electron chi connectivity index (χ3n) is 8.26. The summed E-state index contributed by atoms with van der Waals surface area (Å²) in [7, 11) is 3.83. The van der Waals surface area contributed by atoms with Crippen LogP contribution < -0.4 is 15.4 Å². The summed E-state index contributed by atoms with van der Waals surface area (Å²) >= 11 is 1.69. The number of aromatic nitrogens is 4. The summed E-state index contributed by atoms with van der Waals surface area (Å²) < 4.78 is 6.18. The molecular formula is C29H37N7O3S. The van der Waals surface area contributed by atoms with Crippen LogP contribution in [0.1, 0.15) is 49.0 Å². The standard InChI is InChI=1S/C29H37N7O3S/c1-36(2)29(38)18-7-8-20-24(13-18)40-28-26(20)27(31-16-32-28)34-22-12-19-15-33-35-21(19)14-23(22)39-10-9-30-25(37)11-17-5-3-4-6-17/h12,14-18,29,38H,3-11,13H2,1-2H3,(H,30,37)(H,33,35)(H,31,32,34)/t18-,29?/m0/s1. The molecule has 10 nitrogen and oxygen atoms in total. The second kappa shape index (κ2) is 11.7. The molecule has 0 radical (unpaired) electrons. The monoisotopic (exact) mass is 563 g/mol. The summed E-state index contributed by atoms with van der Waals surface area (Å²) in [6.07, 6.45) is 10.9. The quantitative estimate of drug-likeness (QED) is 0.165. The van der Waals surface area contributed by atoms with Crippen molar-refractivity contribution in [2.24, 2.45) is 11.8 Å². The fourth-order valence-electron chi connectivity index (χ4n) is 6.12. The molecule has 212 valence electrons. The molecule has 1 unspecified atom stereocenters. The van der Waals surface area contributed by atoms with Gasteiger partial charge in [0.15, 0.2) is 0 Å². The number of hydrogen-bond acceptors (Lipinski definition) is 9. The number of aliphatic hydroxyl groups excluding tert-OH is 1. The van der Waals surface area contributed by atoms with Gasteiger partial charge in [0.05, 0.1) is 29.3 Å². The molecular weight excluding hydrogens is 526 g/mol. The predicted octanol–water partition coefficient (Wildman–Crippen LogP) is 4.37. The largest absolute Gasteiger partial charge is 0.489 e. The van der Waals surface area contributed by atoms with Gasteiger partial charge < -0.3 is 20.5 Å². The molecule has 3 aromatic heterocycles. The number of aryl methyl sites for hydroxylation is 1. The minimum Gasteiger partial charge on any atom is -0.489 e. The van der Waals surface area contributed by atoms with Crippen molar-refractivity contribution in [2.45, 2.75) is 57.6 Å². The fraction of sp³-hybridized carbons (Fsp3) is 0.517. The van der Waals surface area contributed by atoms with Gasteiger partial charge in [-0.1, -0.05) is 12.8 Å². The summed E-state index contributed by atoms with van der Waals surface area (Å²) in [4.78, 5) is 25.6. The molecule has 0 aliphatic heterocycles. The Balaban J connectivity index is 1.20. The number of fused-ring (bicyclic) bond motifs is 4. The van der Waals surface area contributed by atoms with Gasteiger partial charge in [0, 0.05) is 28.7 Å². The van der Waals surface area contributed by atoms with E-state index in [1.807, 2.05) is 31.1 Å². The van der Waals surface area contributed by atoms with Crippen molar-refractivity contribution < 1.29 is 14.6 Å². The minimum absolute atomic E-state index is 0.101. The Hall–Kier alpha value is -3.28. The van der Waals surface area contributed by atoms with Gasteiger partial charge in [-0.2, -0.15) is 5.10 Å². The number of H-pyrrole nitrogens is 1. The molecule has 4 aromatic rings. The molecule has 2 aliphatic carbocycles. The maximum Gasteiger partial charge on any atom is 0.220 e. The van der Waals surface area contributed by atoms with Gasteiger partial charge >= 0.3 is 0 Å². The van der Waals surface area contributed by atoms with Crippen LogP contribution in [0.15, 0.2) is 24.7 Å². The maximum atomic E-state index is 12.3. The third-order valence-corrected chi connectivity index (χ3v) is 9.42. The topological polar surface area (TPSA) is 128 Å². The molecule has 4 N–H and O–H groups in total. The van der Waals surface area contributed by atoms with E-state index in [1.165, 1.54) is 23.3 Å².